The molecule has 0 aliphatic carbocycles. The highest BCUT2D eigenvalue weighted by Gasteiger charge is 2.05. The Morgan fingerprint density at radius 2 is 2.22 bits per heavy atom. The first kappa shape index (κ1) is 13.7. The van der Waals surface area contributed by atoms with Crippen molar-refractivity contribution in [3.8, 4) is 11.8 Å². The molecule has 18 heavy (non-hydrogen) atoms. The fourth-order valence-electron chi connectivity index (χ4n) is 1.10. The van der Waals surface area contributed by atoms with Crippen molar-refractivity contribution in [1.29, 1.82) is 5.26 Å². The molecule has 1 aromatic rings. The van der Waals surface area contributed by atoms with Crippen LogP contribution in [0.25, 0.3) is 0 Å². The Labute approximate surface area is 106 Å². The van der Waals surface area contributed by atoms with Crippen LogP contribution >= 0.6 is 0 Å². The first-order chi connectivity index (χ1) is 8.67. The molecule has 0 spiro atoms. The minimum absolute atomic E-state index is 0.167. The second-order valence-electron chi connectivity index (χ2n) is 3.63. The van der Waals surface area contributed by atoms with E-state index in [-0.39, 0.29) is 12.5 Å². The van der Waals surface area contributed by atoms with Gasteiger partial charge in [-0.1, -0.05) is 19.1 Å². The van der Waals surface area contributed by atoms with Gasteiger partial charge >= 0.3 is 0 Å². The summed E-state index contributed by atoms with van der Waals surface area (Å²) >= 11 is 0. The molecule has 0 saturated heterocycles. The summed E-state index contributed by atoms with van der Waals surface area (Å²) in [6.45, 7) is 3.61. The van der Waals surface area contributed by atoms with E-state index in [0.717, 1.165) is 12.1 Å². The van der Waals surface area contributed by atoms with Gasteiger partial charge in [-0.25, -0.2) is 5.43 Å². The fraction of sp³-hybridized carbons (Fsp3) is 0.308. The van der Waals surface area contributed by atoms with Crippen LogP contribution in [0.2, 0.25) is 0 Å². The van der Waals surface area contributed by atoms with E-state index in [1.54, 1.807) is 24.3 Å². The Morgan fingerprint density at radius 3 is 2.89 bits per heavy atom. The number of ether oxygens (including phenoxy) is 1. The highest BCUT2D eigenvalue weighted by molar-refractivity contribution is 5.84. The second kappa shape index (κ2) is 7.07. The Morgan fingerprint density at radius 1 is 1.50 bits per heavy atom. The number of nitriles is 1. The standard InChI is InChI=1S/C13H15N3O2/c1-3-10(2)15-16-13(17)9-18-12-7-5-4-6-11(12)8-14/h4-7H,3,9H2,1-2H3,(H,16,17)/b15-10-. The highest BCUT2D eigenvalue weighted by atomic mass is 16.5. The Kier molecular flexibility index (Phi) is 5.39. The first-order valence-corrected chi connectivity index (χ1v) is 5.61. The van der Waals surface area contributed by atoms with Crippen molar-refractivity contribution in [3.63, 3.8) is 0 Å². The van der Waals surface area contributed by atoms with Gasteiger partial charge in [0.25, 0.3) is 5.91 Å². The third-order valence-electron chi connectivity index (χ3n) is 2.25. The van der Waals surface area contributed by atoms with E-state index >= 15 is 0 Å². The number of rotatable bonds is 5. The fourth-order valence-corrected chi connectivity index (χ4v) is 1.10. The van der Waals surface area contributed by atoms with Crippen LogP contribution in [0.4, 0.5) is 0 Å². The number of para-hydroxylation sites is 1. The van der Waals surface area contributed by atoms with Crippen LogP contribution in [0.5, 0.6) is 5.75 Å². The Hall–Kier alpha value is -2.35. The molecule has 5 heteroatoms. The maximum Gasteiger partial charge on any atom is 0.277 e. The SMILES string of the molecule is CC/C(C)=N\NC(=O)COc1ccccc1C#N. The lowest BCUT2D eigenvalue weighted by Crippen LogP contribution is -2.25. The molecule has 1 rings (SSSR count). The molecule has 0 radical (unpaired) electrons. The van der Waals surface area contributed by atoms with Gasteiger partial charge in [-0.3, -0.25) is 4.79 Å². The Bertz CT molecular complexity index is 489. The molecule has 1 N–H and O–H groups in total. The summed E-state index contributed by atoms with van der Waals surface area (Å²) in [4.78, 5) is 11.4. The smallest absolute Gasteiger partial charge is 0.277 e. The lowest BCUT2D eigenvalue weighted by atomic mass is 10.2. The van der Waals surface area contributed by atoms with Crippen LogP contribution in [-0.2, 0) is 4.79 Å². The van der Waals surface area contributed by atoms with Gasteiger partial charge in [-0.15, -0.1) is 0 Å². The van der Waals surface area contributed by atoms with Gasteiger partial charge in [-0.05, 0) is 25.5 Å². The summed E-state index contributed by atoms with van der Waals surface area (Å²) in [5, 5.41) is 12.7. The van der Waals surface area contributed by atoms with E-state index in [2.05, 4.69) is 10.5 Å². The number of nitrogens with one attached hydrogen (secondary N) is 1. The van der Waals surface area contributed by atoms with E-state index in [1.165, 1.54) is 0 Å². The van der Waals surface area contributed by atoms with Crippen LogP contribution in [0.1, 0.15) is 25.8 Å². The third kappa shape index (κ3) is 4.26. The topological polar surface area (TPSA) is 74.5 Å². The molecule has 5 nitrogen and oxygen atoms in total. The van der Waals surface area contributed by atoms with Gasteiger partial charge in [0.1, 0.15) is 11.8 Å². The van der Waals surface area contributed by atoms with Gasteiger partial charge in [0, 0.05) is 5.71 Å². The monoisotopic (exact) mass is 245 g/mol. The number of carbonyl (C=O) groups excluding carboxylic acids is 1. The van der Waals surface area contributed by atoms with Gasteiger partial charge in [0.15, 0.2) is 6.61 Å². The van der Waals surface area contributed by atoms with Crippen molar-refractivity contribution in [2.45, 2.75) is 20.3 Å². The van der Waals surface area contributed by atoms with Gasteiger partial charge in [0.05, 0.1) is 5.56 Å². The first-order valence-electron chi connectivity index (χ1n) is 5.61. The van der Waals surface area contributed by atoms with Gasteiger partial charge < -0.3 is 4.74 Å². The minimum atomic E-state index is -0.351. The molecule has 1 aromatic carbocycles. The predicted octanol–water partition coefficient (Wildman–Crippen LogP) is 1.84. The summed E-state index contributed by atoms with van der Waals surface area (Å²) < 4.78 is 5.25. The molecule has 0 bridgehead atoms. The zero-order valence-corrected chi connectivity index (χ0v) is 10.4. The van der Waals surface area contributed by atoms with Crippen LogP contribution in [0.15, 0.2) is 29.4 Å². The summed E-state index contributed by atoms with van der Waals surface area (Å²) in [6.07, 6.45) is 0.776. The predicted molar refractivity (Wildman–Crippen MR) is 68.2 cm³/mol. The van der Waals surface area contributed by atoms with Crippen molar-refractivity contribution >= 4 is 11.6 Å². The maximum atomic E-state index is 11.4. The van der Waals surface area contributed by atoms with Gasteiger partial charge in [-0.2, -0.15) is 10.4 Å². The van der Waals surface area contributed by atoms with Crippen LogP contribution in [0, 0.1) is 11.3 Å². The molecule has 0 fully saturated rings. The molecule has 0 aliphatic rings. The Balaban J connectivity index is 2.51. The second-order valence-corrected chi connectivity index (χ2v) is 3.63. The number of hydrogen-bond donors (Lipinski definition) is 1. The number of hydrogen-bond acceptors (Lipinski definition) is 4. The number of amides is 1. The lowest BCUT2D eigenvalue weighted by molar-refractivity contribution is -0.123. The van der Waals surface area contributed by atoms with E-state index < -0.39 is 0 Å². The summed E-state index contributed by atoms with van der Waals surface area (Å²) in [5.74, 6) is 0.0434. The third-order valence-corrected chi connectivity index (χ3v) is 2.25. The minimum Gasteiger partial charge on any atom is -0.482 e. The number of benzene rings is 1. The zero-order valence-electron chi connectivity index (χ0n) is 10.4. The summed E-state index contributed by atoms with van der Waals surface area (Å²) in [5.41, 5.74) is 3.62. The van der Waals surface area contributed by atoms with Crippen LogP contribution < -0.4 is 10.2 Å². The van der Waals surface area contributed by atoms with E-state index in [0.29, 0.717) is 11.3 Å². The number of nitrogens with zero attached hydrogens (tertiary/aromatic N) is 2. The van der Waals surface area contributed by atoms with Crippen molar-refractivity contribution in [3.05, 3.63) is 29.8 Å². The van der Waals surface area contributed by atoms with Crippen LogP contribution in [0.3, 0.4) is 0 Å². The molecule has 0 aliphatic heterocycles. The van der Waals surface area contributed by atoms with Crippen molar-refractivity contribution in [1.82, 2.24) is 5.43 Å². The zero-order chi connectivity index (χ0) is 13.4. The summed E-state index contributed by atoms with van der Waals surface area (Å²) in [6, 6.07) is 8.75. The number of carbonyl (C=O) groups is 1. The van der Waals surface area contributed by atoms with Gasteiger partial charge in [0.2, 0.25) is 0 Å². The quantitative estimate of drug-likeness (QED) is 0.635. The largest absolute Gasteiger partial charge is 0.482 e. The highest BCUT2D eigenvalue weighted by Crippen LogP contribution is 2.15. The number of hydrazone groups is 1. The molecule has 1 amide bonds. The van der Waals surface area contributed by atoms with Crippen molar-refractivity contribution < 1.29 is 9.53 Å². The van der Waals surface area contributed by atoms with Crippen LogP contribution in [-0.4, -0.2) is 18.2 Å². The molecule has 0 heterocycles. The molecular weight excluding hydrogens is 230 g/mol. The molecule has 0 unspecified atom stereocenters. The average molecular weight is 245 g/mol. The average Bonchev–Trinajstić information content (AvgIpc) is 2.42. The van der Waals surface area contributed by atoms with E-state index in [4.69, 9.17) is 10.00 Å². The molecule has 0 saturated carbocycles. The lowest BCUT2D eigenvalue weighted by Gasteiger charge is -2.06. The maximum absolute atomic E-state index is 11.4. The normalized spacial score (nSPS) is 10.6. The van der Waals surface area contributed by atoms with E-state index in [1.807, 2.05) is 19.9 Å². The molecule has 0 aromatic heterocycles. The molecule has 94 valence electrons. The van der Waals surface area contributed by atoms with Crippen molar-refractivity contribution in [2.75, 3.05) is 6.61 Å². The van der Waals surface area contributed by atoms with E-state index in [9.17, 15) is 4.79 Å². The van der Waals surface area contributed by atoms with Crippen molar-refractivity contribution in [2.24, 2.45) is 5.10 Å². The summed E-state index contributed by atoms with van der Waals surface area (Å²) in [7, 11) is 0. The molecular formula is C13H15N3O2. The molecule has 0 atom stereocenters.